The highest BCUT2D eigenvalue weighted by molar-refractivity contribution is 7.13. The molecule has 3 heterocycles. The Morgan fingerprint density at radius 1 is 1.29 bits per heavy atom. The van der Waals surface area contributed by atoms with Gasteiger partial charge in [-0.25, -0.2) is 4.98 Å². The lowest BCUT2D eigenvalue weighted by atomic mass is 10.3. The van der Waals surface area contributed by atoms with Gasteiger partial charge in [0, 0.05) is 25.5 Å². The van der Waals surface area contributed by atoms with Gasteiger partial charge in [-0.1, -0.05) is 12.1 Å². The second-order valence-corrected chi connectivity index (χ2v) is 7.25. The van der Waals surface area contributed by atoms with Crippen LogP contribution in [0.4, 0.5) is 0 Å². The second kappa shape index (κ2) is 8.12. The summed E-state index contributed by atoms with van der Waals surface area (Å²) in [6.07, 6.45) is 2.71. The highest BCUT2D eigenvalue weighted by Crippen LogP contribution is 2.23. The number of aromatic nitrogens is 1. The van der Waals surface area contributed by atoms with Crippen LogP contribution in [-0.4, -0.2) is 36.5 Å². The largest absolute Gasteiger partial charge is 0.443 e. The smallest absolute Gasteiger partial charge is 0.236 e. The molecule has 0 spiro atoms. The lowest BCUT2D eigenvalue weighted by Gasteiger charge is -2.21. The first kappa shape index (κ1) is 16.7. The molecular weight excluding hydrogens is 340 g/mol. The number of guanidine groups is 1. The first-order valence-electron chi connectivity index (χ1n) is 7.68. The Labute approximate surface area is 149 Å². The van der Waals surface area contributed by atoms with Crippen LogP contribution in [0.25, 0.3) is 10.8 Å². The SMILES string of the molecule is CN=C(NCc1coc(-c2cccs2)n1)N(C)CCc1cccs1. The molecular formula is C17H20N4OS2. The fourth-order valence-electron chi connectivity index (χ4n) is 2.29. The van der Waals surface area contributed by atoms with Gasteiger partial charge >= 0.3 is 0 Å². The average Bonchev–Trinajstić information content (AvgIpc) is 3.33. The van der Waals surface area contributed by atoms with Crippen LogP contribution in [-0.2, 0) is 13.0 Å². The summed E-state index contributed by atoms with van der Waals surface area (Å²) >= 11 is 3.41. The summed E-state index contributed by atoms with van der Waals surface area (Å²) in [5.74, 6) is 1.52. The van der Waals surface area contributed by atoms with Crippen molar-refractivity contribution >= 4 is 28.6 Å². The molecule has 0 bridgehead atoms. The monoisotopic (exact) mass is 360 g/mol. The molecule has 7 heteroatoms. The number of likely N-dealkylation sites (N-methyl/N-ethyl adjacent to an activating group) is 1. The summed E-state index contributed by atoms with van der Waals surface area (Å²) in [4.78, 5) is 13.4. The minimum atomic E-state index is 0.588. The summed E-state index contributed by atoms with van der Waals surface area (Å²) < 4.78 is 5.54. The van der Waals surface area contributed by atoms with Crippen molar-refractivity contribution in [3.8, 4) is 10.8 Å². The molecule has 3 aromatic heterocycles. The molecule has 0 saturated heterocycles. The van der Waals surface area contributed by atoms with Gasteiger partial charge in [0.1, 0.15) is 6.26 Å². The molecule has 3 aromatic rings. The normalized spacial score (nSPS) is 11.7. The fraction of sp³-hybridized carbons (Fsp3) is 0.294. The standard InChI is InChI=1S/C17H20N4OS2/c1-18-17(21(2)8-7-14-5-3-9-23-14)19-11-13-12-22-16(20-13)15-6-4-10-24-15/h3-6,9-10,12H,7-8,11H2,1-2H3,(H,18,19). The Morgan fingerprint density at radius 2 is 2.12 bits per heavy atom. The molecule has 126 valence electrons. The van der Waals surface area contributed by atoms with Crippen LogP contribution < -0.4 is 5.32 Å². The zero-order valence-electron chi connectivity index (χ0n) is 13.7. The minimum absolute atomic E-state index is 0.588. The Balaban J connectivity index is 1.52. The third kappa shape index (κ3) is 4.24. The molecule has 0 unspecified atom stereocenters. The lowest BCUT2D eigenvalue weighted by Crippen LogP contribution is -2.39. The maximum atomic E-state index is 5.54. The van der Waals surface area contributed by atoms with Crippen LogP contribution in [0.1, 0.15) is 10.6 Å². The highest BCUT2D eigenvalue weighted by Gasteiger charge is 2.10. The van der Waals surface area contributed by atoms with Crippen molar-refractivity contribution in [2.75, 3.05) is 20.6 Å². The zero-order valence-corrected chi connectivity index (χ0v) is 15.4. The number of hydrogen-bond donors (Lipinski definition) is 1. The summed E-state index contributed by atoms with van der Waals surface area (Å²) in [6, 6.07) is 8.25. The third-order valence-corrected chi connectivity index (χ3v) is 5.35. The van der Waals surface area contributed by atoms with E-state index in [4.69, 9.17) is 4.42 Å². The van der Waals surface area contributed by atoms with Crippen LogP contribution >= 0.6 is 22.7 Å². The number of oxazole rings is 1. The van der Waals surface area contributed by atoms with Gasteiger partial charge in [-0.15, -0.1) is 22.7 Å². The predicted octanol–water partition coefficient (Wildman–Crippen LogP) is 3.71. The van der Waals surface area contributed by atoms with E-state index in [-0.39, 0.29) is 0 Å². The molecule has 0 radical (unpaired) electrons. The van der Waals surface area contributed by atoms with Crippen molar-refractivity contribution in [1.82, 2.24) is 15.2 Å². The number of nitrogens with zero attached hydrogens (tertiary/aromatic N) is 3. The molecule has 0 aromatic carbocycles. The molecule has 1 N–H and O–H groups in total. The first-order chi connectivity index (χ1) is 11.8. The van der Waals surface area contributed by atoms with E-state index in [1.165, 1.54) is 4.88 Å². The molecule has 0 aliphatic heterocycles. The van der Waals surface area contributed by atoms with E-state index < -0.39 is 0 Å². The molecule has 0 saturated carbocycles. The summed E-state index contributed by atoms with van der Waals surface area (Å²) in [5.41, 5.74) is 0.867. The van der Waals surface area contributed by atoms with E-state index in [0.717, 1.165) is 29.5 Å². The predicted molar refractivity (Wildman–Crippen MR) is 101 cm³/mol. The second-order valence-electron chi connectivity index (χ2n) is 5.27. The molecule has 0 atom stereocenters. The number of nitrogens with one attached hydrogen (secondary N) is 1. The molecule has 24 heavy (non-hydrogen) atoms. The van der Waals surface area contributed by atoms with Crippen LogP contribution in [0.15, 0.2) is 50.7 Å². The molecule has 0 aliphatic carbocycles. The average molecular weight is 361 g/mol. The van der Waals surface area contributed by atoms with Crippen molar-refractivity contribution in [2.24, 2.45) is 4.99 Å². The maximum Gasteiger partial charge on any atom is 0.236 e. The van der Waals surface area contributed by atoms with Gasteiger partial charge in [0.15, 0.2) is 5.96 Å². The van der Waals surface area contributed by atoms with E-state index in [2.05, 4.69) is 37.7 Å². The lowest BCUT2D eigenvalue weighted by molar-refractivity contribution is 0.485. The quantitative estimate of drug-likeness (QED) is 0.538. The molecule has 5 nitrogen and oxygen atoms in total. The van der Waals surface area contributed by atoms with E-state index in [9.17, 15) is 0 Å². The Hall–Kier alpha value is -2.12. The third-order valence-electron chi connectivity index (χ3n) is 3.56. The maximum absolute atomic E-state index is 5.54. The van der Waals surface area contributed by atoms with Gasteiger partial charge in [-0.2, -0.15) is 0 Å². The van der Waals surface area contributed by atoms with Crippen LogP contribution in [0, 0.1) is 0 Å². The number of rotatable bonds is 6. The summed E-state index contributed by atoms with van der Waals surface area (Å²) in [6.45, 7) is 1.50. The molecule has 3 rings (SSSR count). The van der Waals surface area contributed by atoms with E-state index in [0.29, 0.717) is 12.4 Å². The van der Waals surface area contributed by atoms with Gasteiger partial charge in [0.2, 0.25) is 5.89 Å². The number of thiophene rings is 2. The Bertz CT molecular complexity index is 762. The van der Waals surface area contributed by atoms with E-state index in [1.807, 2.05) is 24.6 Å². The van der Waals surface area contributed by atoms with Gasteiger partial charge in [0.25, 0.3) is 0 Å². The van der Waals surface area contributed by atoms with Crippen molar-refractivity contribution in [1.29, 1.82) is 0 Å². The number of hydrogen-bond acceptors (Lipinski definition) is 5. The van der Waals surface area contributed by atoms with E-state index in [1.54, 1.807) is 36.0 Å². The Kier molecular flexibility index (Phi) is 5.66. The first-order valence-corrected chi connectivity index (χ1v) is 9.44. The van der Waals surface area contributed by atoms with Gasteiger partial charge in [-0.05, 0) is 29.3 Å². The van der Waals surface area contributed by atoms with Crippen LogP contribution in [0.5, 0.6) is 0 Å². The Morgan fingerprint density at radius 3 is 2.83 bits per heavy atom. The highest BCUT2D eigenvalue weighted by atomic mass is 32.1. The van der Waals surface area contributed by atoms with Crippen molar-refractivity contribution in [2.45, 2.75) is 13.0 Å². The topological polar surface area (TPSA) is 53.7 Å². The fourth-order valence-corrected chi connectivity index (χ4v) is 3.65. The molecule has 0 aliphatic rings. The van der Waals surface area contributed by atoms with Crippen molar-refractivity contribution in [3.63, 3.8) is 0 Å². The van der Waals surface area contributed by atoms with Crippen molar-refractivity contribution in [3.05, 3.63) is 51.9 Å². The molecule has 0 amide bonds. The van der Waals surface area contributed by atoms with Crippen molar-refractivity contribution < 1.29 is 4.42 Å². The van der Waals surface area contributed by atoms with Gasteiger partial charge in [-0.3, -0.25) is 4.99 Å². The number of aliphatic imine (C=N–C) groups is 1. The summed E-state index contributed by atoms with van der Waals surface area (Å²) in [7, 11) is 3.84. The van der Waals surface area contributed by atoms with Gasteiger partial charge < -0.3 is 14.6 Å². The minimum Gasteiger partial charge on any atom is -0.443 e. The van der Waals surface area contributed by atoms with Crippen LogP contribution in [0.2, 0.25) is 0 Å². The van der Waals surface area contributed by atoms with Crippen LogP contribution in [0.3, 0.4) is 0 Å². The van der Waals surface area contributed by atoms with Gasteiger partial charge in [0.05, 0.1) is 17.1 Å². The summed E-state index contributed by atoms with van der Waals surface area (Å²) in [5, 5.41) is 7.46. The van der Waals surface area contributed by atoms with E-state index >= 15 is 0 Å². The zero-order chi connectivity index (χ0) is 16.8. The molecule has 0 fully saturated rings.